The van der Waals surface area contributed by atoms with Crippen molar-refractivity contribution >= 4 is 16.2 Å². The normalized spacial score (nSPS) is 26.6. The van der Waals surface area contributed by atoms with Crippen molar-refractivity contribution in [3.63, 3.8) is 0 Å². The minimum atomic E-state index is -3.50. The monoisotopic (exact) mass is 220 g/mol. The quantitative estimate of drug-likeness (QED) is 0.533. The fourth-order valence-electron chi connectivity index (χ4n) is 1.23. The highest BCUT2D eigenvalue weighted by Gasteiger charge is 2.26. The average Bonchev–Trinajstić information content (AvgIpc) is 2.52. The average molecular weight is 220 g/mol. The predicted molar refractivity (Wildman–Crippen MR) is 49.8 cm³/mol. The predicted octanol–water partition coefficient (Wildman–Crippen LogP) is -0.930. The summed E-state index contributed by atoms with van der Waals surface area (Å²) in [6.07, 6.45) is 3.30. The van der Waals surface area contributed by atoms with E-state index in [1.165, 1.54) is 13.1 Å². The summed E-state index contributed by atoms with van der Waals surface area (Å²) in [7, 11) is -2.21. The lowest BCUT2D eigenvalue weighted by Gasteiger charge is -2.11. The van der Waals surface area contributed by atoms with Crippen LogP contribution in [0, 0.1) is 5.92 Å². The van der Waals surface area contributed by atoms with E-state index in [1.54, 1.807) is 6.08 Å². The summed E-state index contributed by atoms with van der Waals surface area (Å²) < 4.78 is 26.4. The smallest absolute Gasteiger partial charge is 0.310 e. The Balaban J connectivity index is 2.54. The second-order valence-electron chi connectivity index (χ2n) is 3.00. The lowest BCUT2D eigenvalue weighted by molar-refractivity contribution is -0.140. The molecule has 0 saturated carbocycles. The summed E-state index contributed by atoms with van der Waals surface area (Å²) in [6.45, 7) is 0. The van der Waals surface area contributed by atoms with Crippen molar-refractivity contribution in [2.75, 3.05) is 7.05 Å². The van der Waals surface area contributed by atoms with E-state index in [9.17, 15) is 13.2 Å². The van der Waals surface area contributed by atoms with Crippen LogP contribution in [0.2, 0.25) is 0 Å². The Bertz CT molecular complexity index is 349. The van der Waals surface area contributed by atoms with Gasteiger partial charge >= 0.3 is 5.97 Å². The number of carboxylic acid groups (broad SMARTS) is 1. The second-order valence-corrected chi connectivity index (χ2v) is 4.65. The molecular weight excluding hydrogens is 208 g/mol. The van der Waals surface area contributed by atoms with Crippen LogP contribution in [-0.2, 0) is 15.0 Å². The molecule has 7 heteroatoms. The van der Waals surface area contributed by atoms with Gasteiger partial charge in [-0.3, -0.25) is 4.79 Å². The van der Waals surface area contributed by atoms with Crippen LogP contribution in [-0.4, -0.2) is 32.6 Å². The number of nitrogens with one attached hydrogen (secondary N) is 2. The first kappa shape index (κ1) is 11.2. The zero-order valence-electron chi connectivity index (χ0n) is 7.60. The molecule has 0 amide bonds. The molecule has 2 atom stereocenters. The zero-order valence-corrected chi connectivity index (χ0v) is 8.41. The standard InChI is InChI=1S/C7H12N2O4S/c1-8-14(12,13)9-6-3-2-5(4-6)7(10)11/h2-3,5-6,8-9H,4H2,1H3,(H,10,11). The molecule has 0 heterocycles. The molecule has 0 aromatic heterocycles. The molecule has 0 aromatic rings. The molecule has 0 bridgehead atoms. The number of aliphatic carboxylic acids is 1. The fourth-order valence-corrected chi connectivity index (χ4v) is 1.92. The van der Waals surface area contributed by atoms with E-state index in [4.69, 9.17) is 5.11 Å². The Labute approximate surface area is 82.2 Å². The van der Waals surface area contributed by atoms with Gasteiger partial charge in [-0.2, -0.15) is 13.1 Å². The van der Waals surface area contributed by atoms with Crippen LogP contribution >= 0.6 is 0 Å². The second kappa shape index (κ2) is 4.07. The summed E-state index contributed by atoms with van der Waals surface area (Å²) in [5, 5.41) is 8.64. The molecule has 3 N–H and O–H groups in total. The van der Waals surface area contributed by atoms with Crippen LogP contribution in [0.1, 0.15) is 6.42 Å². The Hall–Kier alpha value is -0.920. The van der Waals surface area contributed by atoms with Gasteiger partial charge in [-0.1, -0.05) is 12.2 Å². The van der Waals surface area contributed by atoms with Gasteiger partial charge in [-0.15, -0.1) is 0 Å². The maximum Gasteiger partial charge on any atom is 0.310 e. The van der Waals surface area contributed by atoms with E-state index in [-0.39, 0.29) is 6.42 Å². The Kier molecular flexibility index (Phi) is 3.25. The lowest BCUT2D eigenvalue weighted by atomic mass is 10.1. The highest BCUT2D eigenvalue weighted by Crippen LogP contribution is 2.18. The first-order chi connectivity index (χ1) is 6.44. The summed E-state index contributed by atoms with van der Waals surface area (Å²) in [5.74, 6) is -1.54. The van der Waals surface area contributed by atoms with Crippen LogP contribution in [0.15, 0.2) is 12.2 Å². The number of carbonyl (C=O) groups is 1. The van der Waals surface area contributed by atoms with Gasteiger partial charge < -0.3 is 5.11 Å². The largest absolute Gasteiger partial charge is 0.481 e. The molecule has 80 valence electrons. The SMILES string of the molecule is CNS(=O)(=O)NC1C=CC(C(=O)O)C1. The Morgan fingerprint density at radius 1 is 1.50 bits per heavy atom. The first-order valence-electron chi connectivity index (χ1n) is 4.06. The minimum Gasteiger partial charge on any atom is -0.481 e. The van der Waals surface area contributed by atoms with Crippen molar-refractivity contribution < 1.29 is 18.3 Å². The molecule has 1 aliphatic rings. The van der Waals surface area contributed by atoms with Crippen molar-refractivity contribution in [3.05, 3.63) is 12.2 Å². The third kappa shape index (κ3) is 2.79. The Morgan fingerprint density at radius 3 is 2.57 bits per heavy atom. The van der Waals surface area contributed by atoms with Crippen molar-refractivity contribution in [2.45, 2.75) is 12.5 Å². The maximum atomic E-state index is 11.0. The molecule has 1 aliphatic carbocycles. The van der Waals surface area contributed by atoms with Crippen molar-refractivity contribution in [1.29, 1.82) is 0 Å². The third-order valence-electron chi connectivity index (χ3n) is 1.98. The van der Waals surface area contributed by atoms with E-state index < -0.39 is 28.1 Å². The molecule has 14 heavy (non-hydrogen) atoms. The summed E-state index contributed by atoms with van der Waals surface area (Å²) >= 11 is 0. The van der Waals surface area contributed by atoms with E-state index in [1.807, 2.05) is 0 Å². The highest BCUT2D eigenvalue weighted by atomic mass is 32.2. The van der Waals surface area contributed by atoms with Crippen LogP contribution in [0.4, 0.5) is 0 Å². The zero-order chi connectivity index (χ0) is 10.8. The van der Waals surface area contributed by atoms with Crippen molar-refractivity contribution in [2.24, 2.45) is 5.92 Å². The van der Waals surface area contributed by atoms with Gasteiger partial charge in [-0.25, -0.2) is 4.72 Å². The van der Waals surface area contributed by atoms with Crippen LogP contribution in [0.25, 0.3) is 0 Å². The molecule has 0 spiro atoms. The van der Waals surface area contributed by atoms with Crippen LogP contribution < -0.4 is 9.44 Å². The van der Waals surface area contributed by atoms with Gasteiger partial charge in [0.1, 0.15) is 0 Å². The Morgan fingerprint density at radius 2 is 2.14 bits per heavy atom. The van der Waals surface area contributed by atoms with Crippen LogP contribution in [0.3, 0.4) is 0 Å². The van der Waals surface area contributed by atoms with Gasteiger partial charge in [-0.05, 0) is 6.42 Å². The van der Waals surface area contributed by atoms with E-state index in [0.717, 1.165) is 0 Å². The molecule has 1 rings (SSSR count). The third-order valence-corrected chi connectivity index (χ3v) is 3.13. The fraction of sp³-hybridized carbons (Fsp3) is 0.571. The van der Waals surface area contributed by atoms with Gasteiger partial charge in [0.2, 0.25) is 0 Å². The molecular formula is C7H12N2O4S. The van der Waals surface area contributed by atoms with E-state index >= 15 is 0 Å². The number of hydrogen-bond acceptors (Lipinski definition) is 3. The highest BCUT2D eigenvalue weighted by molar-refractivity contribution is 7.87. The lowest BCUT2D eigenvalue weighted by Crippen LogP contribution is -2.40. The van der Waals surface area contributed by atoms with E-state index in [0.29, 0.717) is 0 Å². The maximum absolute atomic E-state index is 11.0. The summed E-state index contributed by atoms with van der Waals surface area (Å²) in [5.41, 5.74) is 0. The van der Waals surface area contributed by atoms with Gasteiger partial charge in [0.05, 0.1) is 5.92 Å². The number of hydrogen-bond donors (Lipinski definition) is 3. The molecule has 0 fully saturated rings. The molecule has 2 unspecified atom stereocenters. The number of rotatable bonds is 4. The van der Waals surface area contributed by atoms with Crippen molar-refractivity contribution in [3.8, 4) is 0 Å². The van der Waals surface area contributed by atoms with Gasteiger partial charge in [0.15, 0.2) is 0 Å². The summed E-state index contributed by atoms with van der Waals surface area (Å²) in [6, 6.07) is -0.437. The summed E-state index contributed by atoms with van der Waals surface area (Å²) in [4.78, 5) is 10.5. The molecule has 6 nitrogen and oxygen atoms in total. The topological polar surface area (TPSA) is 95.5 Å². The molecule has 0 aliphatic heterocycles. The molecule has 0 saturated heterocycles. The molecule has 0 radical (unpaired) electrons. The van der Waals surface area contributed by atoms with Gasteiger partial charge in [0, 0.05) is 13.1 Å². The van der Waals surface area contributed by atoms with Gasteiger partial charge in [0.25, 0.3) is 10.2 Å². The van der Waals surface area contributed by atoms with E-state index in [2.05, 4.69) is 9.44 Å². The first-order valence-corrected chi connectivity index (χ1v) is 5.55. The molecule has 0 aromatic carbocycles. The van der Waals surface area contributed by atoms with Crippen LogP contribution in [0.5, 0.6) is 0 Å². The van der Waals surface area contributed by atoms with Crippen molar-refractivity contribution in [1.82, 2.24) is 9.44 Å². The minimum absolute atomic E-state index is 0.260. The number of carboxylic acids is 1.